The molecule has 2 N–H and O–H groups in total. The van der Waals surface area contributed by atoms with Crippen molar-refractivity contribution in [2.45, 2.75) is 40.2 Å². The summed E-state index contributed by atoms with van der Waals surface area (Å²) in [6.45, 7) is 8.74. The van der Waals surface area contributed by atoms with Crippen molar-refractivity contribution < 1.29 is 9.53 Å². The lowest BCUT2D eigenvalue weighted by Crippen LogP contribution is -2.16. The van der Waals surface area contributed by atoms with Gasteiger partial charge in [0.1, 0.15) is 5.75 Å². The van der Waals surface area contributed by atoms with Crippen molar-refractivity contribution in [3.8, 4) is 5.75 Å². The molecule has 2 rings (SSSR count). The molecule has 0 bridgehead atoms. The fraction of sp³-hybridized carbons (Fsp3) is 0.350. The first-order valence-corrected chi connectivity index (χ1v) is 8.32. The number of ether oxygens (including phenoxy) is 1. The first kappa shape index (κ1) is 17.9. The van der Waals surface area contributed by atoms with Gasteiger partial charge in [-0.25, -0.2) is 0 Å². The number of hydrogen-bond acceptors (Lipinski definition) is 3. The van der Waals surface area contributed by atoms with Gasteiger partial charge in [0.05, 0.1) is 6.10 Å². The van der Waals surface area contributed by atoms with Gasteiger partial charge < -0.3 is 15.4 Å². The fourth-order valence-corrected chi connectivity index (χ4v) is 2.28. The Morgan fingerprint density at radius 1 is 1.00 bits per heavy atom. The lowest BCUT2D eigenvalue weighted by Gasteiger charge is -2.11. The van der Waals surface area contributed by atoms with Gasteiger partial charge in [-0.2, -0.15) is 0 Å². The van der Waals surface area contributed by atoms with Crippen LogP contribution in [0, 0.1) is 13.8 Å². The van der Waals surface area contributed by atoms with Crippen LogP contribution in [0.15, 0.2) is 42.5 Å². The largest absolute Gasteiger partial charge is 0.491 e. The van der Waals surface area contributed by atoms with Crippen LogP contribution in [0.1, 0.15) is 31.4 Å². The third kappa shape index (κ3) is 5.61. The normalized spacial score (nSPS) is 10.5. The van der Waals surface area contributed by atoms with Crippen LogP contribution in [0.2, 0.25) is 0 Å². The second-order valence-corrected chi connectivity index (χ2v) is 6.21. The van der Waals surface area contributed by atoms with E-state index in [0.29, 0.717) is 13.0 Å². The molecule has 0 unspecified atom stereocenters. The minimum atomic E-state index is -0.0103. The third-order valence-corrected chi connectivity index (χ3v) is 3.70. The zero-order valence-electron chi connectivity index (χ0n) is 14.8. The van der Waals surface area contributed by atoms with E-state index in [0.717, 1.165) is 17.1 Å². The Balaban J connectivity index is 1.77. The molecule has 0 heterocycles. The Kier molecular flexibility index (Phi) is 6.24. The molecule has 0 aromatic heterocycles. The summed E-state index contributed by atoms with van der Waals surface area (Å²) in [5.41, 5.74) is 4.33. The maximum Gasteiger partial charge on any atom is 0.226 e. The van der Waals surface area contributed by atoms with Crippen LogP contribution < -0.4 is 15.4 Å². The van der Waals surface area contributed by atoms with E-state index in [2.05, 4.69) is 36.6 Å². The highest BCUT2D eigenvalue weighted by Gasteiger charge is 2.04. The average Bonchev–Trinajstić information content (AvgIpc) is 2.52. The molecular formula is C20H26N2O2. The van der Waals surface area contributed by atoms with E-state index in [9.17, 15) is 4.79 Å². The molecule has 0 radical (unpaired) electrons. The fourth-order valence-electron chi connectivity index (χ4n) is 2.28. The summed E-state index contributed by atoms with van der Waals surface area (Å²) < 4.78 is 5.58. The molecule has 1 amide bonds. The van der Waals surface area contributed by atoms with E-state index < -0.39 is 0 Å². The van der Waals surface area contributed by atoms with E-state index in [1.165, 1.54) is 11.1 Å². The first-order chi connectivity index (χ1) is 11.4. The Morgan fingerprint density at radius 2 is 1.67 bits per heavy atom. The van der Waals surface area contributed by atoms with Gasteiger partial charge in [0.2, 0.25) is 5.91 Å². The molecule has 0 spiro atoms. The monoisotopic (exact) mass is 326 g/mol. The molecule has 0 aliphatic rings. The first-order valence-electron chi connectivity index (χ1n) is 8.32. The predicted octanol–water partition coefficient (Wildman–Crippen LogP) is 4.53. The number of anilines is 2. The molecule has 0 aliphatic heterocycles. The molecule has 24 heavy (non-hydrogen) atoms. The highest BCUT2D eigenvalue weighted by atomic mass is 16.5. The third-order valence-electron chi connectivity index (χ3n) is 3.70. The summed E-state index contributed by atoms with van der Waals surface area (Å²) >= 11 is 0. The van der Waals surface area contributed by atoms with Crippen LogP contribution in [0.3, 0.4) is 0 Å². The maximum atomic E-state index is 12.0. The molecule has 128 valence electrons. The minimum Gasteiger partial charge on any atom is -0.491 e. The topological polar surface area (TPSA) is 50.4 Å². The summed E-state index contributed by atoms with van der Waals surface area (Å²) in [4.78, 5) is 12.0. The molecule has 0 saturated carbocycles. The quantitative estimate of drug-likeness (QED) is 0.786. The van der Waals surface area contributed by atoms with Crippen molar-refractivity contribution in [3.63, 3.8) is 0 Å². The van der Waals surface area contributed by atoms with Crippen molar-refractivity contribution in [1.82, 2.24) is 0 Å². The van der Waals surface area contributed by atoms with E-state index in [-0.39, 0.29) is 12.0 Å². The van der Waals surface area contributed by atoms with Crippen molar-refractivity contribution in [3.05, 3.63) is 53.6 Å². The van der Waals surface area contributed by atoms with Crippen molar-refractivity contribution in [1.29, 1.82) is 0 Å². The van der Waals surface area contributed by atoms with Gasteiger partial charge in [0.15, 0.2) is 0 Å². The number of rotatable bonds is 7. The zero-order valence-corrected chi connectivity index (χ0v) is 14.8. The number of benzene rings is 2. The highest BCUT2D eigenvalue weighted by molar-refractivity contribution is 5.91. The van der Waals surface area contributed by atoms with E-state index in [4.69, 9.17) is 4.74 Å². The second-order valence-electron chi connectivity index (χ2n) is 6.21. The maximum absolute atomic E-state index is 12.0. The number of hydrogen-bond donors (Lipinski definition) is 2. The molecule has 0 saturated heterocycles. The van der Waals surface area contributed by atoms with Gasteiger partial charge in [-0.3, -0.25) is 4.79 Å². The lowest BCUT2D eigenvalue weighted by molar-refractivity contribution is -0.115. The number of nitrogens with one attached hydrogen (secondary N) is 2. The second kappa shape index (κ2) is 8.39. The summed E-state index contributed by atoms with van der Waals surface area (Å²) in [5.74, 6) is 0.795. The van der Waals surface area contributed by atoms with Crippen LogP contribution in [0.25, 0.3) is 0 Å². The Morgan fingerprint density at radius 3 is 2.29 bits per heavy atom. The smallest absolute Gasteiger partial charge is 0.226 e. The number of carbonyl (C=O) groups is 1. The van der Waals surface area contributed by atoms with E-state index in [1.807, 2.05) is 44.2 Å². The van der Waals surface area contributed by atoms with Gasteiger partial charge in [-0.15, -0.1) is 0 Å². The van der Waals surface area contributed by atoms with Gasteiger partial charge in [0.25, 0.3) is 0 Å². The Hall–Kier alpha value is -2.49. The highest BCUT2D eigenvalue weighted by Crippen LogP contribution is 2.17. The number of carbonyl (C=O) groups excluding carboxylic acids is 1. The van der Waals surface area contributed by atoms with Crippen molar-refractivity contribution >= 4 is 17.3 Å². The lowest BCUT2D eigenvalue weighted by atomic mass is 10.1. The SMILES string of the molecule is Cc1ccc(NCCC(=O)Nc2ccc(OC(C)C)cc2)cc1C. The molecule has 4 heteroatoms. The molecule has 2 aromatic rings. The summed E-state index contributed by atoms with van der Waals surface area (Å²) in [6, 6.07) is 13.7. The Bertz CT molecular complexity index is 679. The minimum absolute atomic E-state index is 0.0103. The molecular weight excluding hydrogens is 300 g/mol. The summed E-state index contributed by atoms with van der Waals surface area (Å²) in [6.07, 6.45) is 0.555. The van der Waals surface area contributed by atoms with E-state index >= 15 is 0 Å². The van der Waals surface area contributed by atoms with Crippen molar-refractivity contribution in [2.75, 3.05) is 17.2 Å². The number of amides is 1. The molecule has 0 atom stereocenters. The van der Waals surface area contributed by atoms with Gasteiger partial charge in [0, 0.05) is 24.3 Å². The van der Waals surface area contributed by atoms with Crippen LogP contribution in [0.4, 0.5) is 11.4 Å². The summed E-state index contributed by atoms with van der Waals surface area (Å²) in [5, 5.41) is 6.17. The van der Waals surface area contributed by atoms with Crippen LogP contribution >= 0.6 is 0 Å². The van der Waals surface area contributed by atoms with Gasteiger partial charge in [-0.1, -0.05) is 6.07 Å². The zero-order chi connectivity index (χ0) is 17.5. The molecule has 0 fully saturated rings. The van der Waals surface area contributed by atoms with E-state index in [1.54, 1.807) is 0 Å². The standard InChI is InChI=1S/C20H26N2O2/c1-14(2)24-19-9-7-17(8-10-19)22-20(23)11-12-21-18-6-5-15(3)16(4)13-18/h5-10,13-14,21H,11-12H2,1-4H3,(H,22,23). The van der Waals surface area contributed by atoms with Crippen molar-refractivity contribution in [2.24, 2.45) is 0 Å². The number of aryl methyl sites for hydroxylation is 2. The Labute approximate surface area is 144 Å². The molecule has 0 aliphatic carbocycles. The van der Waals surface area contributed by atoms with Gasteiger partial charge in [-0.05, 0) is 75.2 Å². The summed E-state index contributed by atoms with van der Waals surface area (Å²) in [7, 11) is 0. The predicted molar refractivity (Wildman–Crippen MR) is 99.9 cm³/mol. The van der Waals surface area contributed by atoms with Crippen LogP contribution in [-0.2, 0) is 4.79 Å². The average molecular weight is 326 g/mol. The molecule has 2 aromatic carbocycles. The van der Waals surface area contributed by atoms with Gasteiger partial charge >= 0.3 is 0 Å². The van der Waals surface area contributed by atoms with Crippen LogP contribution in [0.5, 0.6) is 5.75 Å². The molecule has 4 nitrogen and oxygen atoms in total. The van der Waals surface area contributed by atoms with Crippen LogP contribution in [-0.4, -0.2) is 18.6 Å².